The Morgan fingerprint density at radius 3 is 2.46 bits per heavy atom. The molecule has 0 unspecified atom stereocenters. The predicted molar refractivity (Wildman–Crippen MR) is 139 cm³/mol. The van der Waals surface area contributed by atoms with Crippen molar-refractivity contribution in [3.63, 3.8) is 0 Å². The first-order chi connectivity index (χ1) is 16.9. The van der Waals surface area contributed by atoms with E-state index in [2.05, 4.69) is 16.8 Å². The smallest absolute Gasteiger partial charge is 0.336 e. The minimum atomic E-state index is -0.938. The van der Waals surface area contributed by atoms with Crippen LogP contribution in [0, 0.1) is 0 Å². The molecule has 2 N–H and O–H groups in total. The molecule has 0 saturated carbocycles. The van der Waals surface area contributed by atoms with Gasteiger partial charge < -0.3 is 19.9 Å². The molecule has 0 bridgehead atoms. The molecule has 1 heterocycles. The van der Waals surface area contributed by atoms with Gasteiger partial charge in [-0.15, -0.1) is 0 Å². The van der Waals surface area contributed by atoms with E-state index in [1.807, 2.05) is 54.6 Å². The molecule has 0 aliphatic carbocycles. The Morgan fingerprint density at radius 1 is 1.03 bits per heavy atom. The predicted octanol–water partition coefficient (Wildman–Crippen LogP) is 5.89. The number of unbranched alkanes of at least 4 members (excludes halogenated alkanes) is 1. The number of urea groups is 1. The molecule has 1 aromatic heterocycles. The highest BCUT2D eigenvalue weighted by atomic mass is 16.4. The van der Waals surface area contributed by atoms with E-state index in [4.69, 9.17) is 4.98 Å². The molecule has 0 atom stereocenters. The molecule has 7 heteroatoms. The molecule has 35 heavy (non-hydrogen) atoms. The van der Waals surface area contributed by atoms with Crippen molar-refractivity contribution in [2.45, 2.75) is 32.7 Å². The number of aromatic carboxylic acids is 1. The number of rotatable bonds is 8. The largest absolute Gasteiger partial charge is 0.478 e. The maximum Gasteiger partial charge on any atom is 0.336 e. The molecule has 0 fully saturated rings. The second kappa shape index (κ2) is 10.4. The van der Waals surface area contributed by atoms with E-state index in [0.717, 1.165) is 52.9 Å². The van der Waals surface area contributed by atoms with Gasteiger partial charge in [0.2, 0.25) is 0 Å². The zero-order chi connectivity index (χ0) is 24.9. The van der Waals surface area contributed by atoms with Gasteiger partial charge in [-0.1, -0.05) is 55.8 Å². The van der Waals surface area contributed by atoms with Crippen LogP contribution >= 0.6 is 0 Å². The SMILES string of the molecule is CCCCc1nc2ccc(NC(=O)N(C)C)cc2n1Cc1ccc(-c2ccccc2C(=O)O)cc1. The van der Waals surface area contributed by atoms with Crippen molar-refractivity contribution in [3.8, 4) is 11.1 Å². The van der Waals surface area contributed by atoms with Gasteiger partial charge in [0.25, 0.3) is 0 Å². The highest BCUT2D eigenvalue weighted by molar-refractivity contribution is 5.96. The van der Waals surface area contributed by atoms with Crippen LogP contribution in [-0.4, -0.2) is 45.7 Å². The third kappa shape index (κ3) is 5.35. The van der Waals surface area contributed by atoms with Crippen molar-refractivity contribution in [1.29, 1.82) is 0 Å². The zero-order valence-electron chi connectivity index (χ0n) is 20.3. The van der Waals surface area contributed by atoms with Crippen LogP contribution in [0.5, 0.6) is 0 Å². The summed E-state index contributed by atoms with van der Waals surface area (Å²) >= 11 is 0. The first-order valence-electron chi connectivity index (χ1n) is 11.8. The quantitative estimate of drug-likeness (QED) is 0.336. The van der Waals surface area contributed by atoms with Gasteiger partial charge in [0, 0.05) is 32.7 Å². The summed E-state index contributed by atoms with van der Waals surface area (Å²) in [7, 11) is 3.42. The standard InChI is InChI=1S/C28H30N4O3/c1-4-5-10-26-30-24-16-15-21(29-28(35)31(2)3)17-25(24)32(26)18-19-11-13-20(14-12-19)22-8-6-7-9-23(22)27(33)34/h6-9,11-17H,4-5,10,18H2,1-3H3,(H,29,35)(H,33,34). The monoisotopic (exact) mass is 470 g/mol. The topological polar surface area (TPSA) is 87.5 Å². The van der Waals surface area contributed by atoms with Crippen LogP contribution in [0.3, 0.4) is 0 Å². The van der Waals surface area contributed by atoms with E-state index in [9.17, 15) is 14.7 Å². The van der Waals surface area contributed by atoms with Crippen LogP contribution in [0.2, 0.25) is 0 Å². The second-order valence-electron chi connectivity index (χ2n) is 8.79. The minimum Gasteiger partial charge on any atom is -0.478 e. The van der Waals surface area contributed by atoms with Crippen LogP contribution in [0.25, 0.3) is 22.2 Å². The number of carbonyl (C=O) groups excluding carboxylic acids is 1. The van der Waals surface area contributed by atoms with E-state index in [1.54, 1.807) is 26.2 Å². The summed E-state index contributed by atoms with van der Waals surface area (Å²) in [5.41, 5.74) is 5.52. The van der Waals surface area contributed by atoms with Crippen LogP contribution in [0.1, 0.15) is 41.5 Å². The lowest BCUT2D eigenvalue weighted by Crippen LogP contribution is -2.27. The van der Waals surface area contributed by atoms with E-state index >= 15 is 0 Å². The molecule has 4 aromatic rings. The van der Waals surface area contributed by atoms with E-state index in [0.29, 0.717) is 12.1 Å². The number of carbonyl (C=O) groups is 2. The number of nitrogens with zero attached hydrogens (tertiary/aromatic N) is 3. The number of amides is 2. The molecule has 0 aliphatic rings. The van der Waals surface area contributed by atoms with E-state index in [1.165, 1.54) is 4.90 Å². The fourth-order valence-electron chi connectivity index (χ4n) is 4.08. The molecule has 180 valence electrons. The number of imidazole rings is 1. The lowest BCUT2D eigenvalue weighted by molar-refractivity contribution is 0.0697. The normalized spacial score (nSPS) is 10.9. The van der Waals surface area contributed by atoms with Crippen LogP contribution in [-0.2, 0) is 13.0 Å². The number of benzene rings is 3. The lowest BCUT2D eigenvalue weighted by Gasteiger charge is -2.13. The minimum absolute atomic E-state index is 0.182. The fraction of sp³-hybridized carbons (Fsp3) is 0.250. The molecule has 7 nitrogen and oxygen atoms in total. The van der Waals surface area contributed by atoms with Gasteiger partial charge in [-0.05, 0) is 47.4 Å². The summed E-state index contributed by atoms with van der Waals surface area (Å²) in [6, 6.07) is 20.6. The molecular weight excluding hydrogens is 440 g/mol. The van der Waals surface area contributed by atoms with Crippen molar-refractivity contribution < 1.29 is 14.7 Å². The third-order valence-corrected chi connectivity index (χ3v) is 6.00. The Morgan fingerprint density at radius 2 is 1.77 bits per heavy atom. The number of hydrogen-bond donors (Lipinski definition) is 2. The number of nitrogens with one attached hydrogen (secondary N) is 1. The first kappa shape index (κ1) is 24.0. The van der Waals surface area contributed by atoms with Gasteiger partial charge in [0.15, 0.2) is 0 Å². The Hall–Kier alpha value is -4.13. The van der Waals surface area contributed by atoms with Gasteiger partial charge in [-0.2, -0.15) is 0 Å². The van der Waals surface area contributed by atoms with E-state index in [-0.39, 0.29) is 11.6 Å². The number of aryl methyl sites for hydroxylation is 1. The van der Waals surface area contributed by atoms with Crippen molar-refractivity contribution in [1.82, 2.24) is 14.5 Å². The highest BCUT2D eigenvalue weighted by Crippen LogP contribution is 2.26. The summed E-state index contributed by atoms with van der Waals surface area (Å²) in [6.45, 7) is 2.79. The van der Waals surface area contributed by atoms with Gasteiger partial charge in [0.1, 0.15) is 5.82 Å². The van der Waals surface area contributed by atoms with Gasteiger partial charge in [0.05, 0.1) is 16.6 Å². The van der Waals surface area contributed by atoms with Gasteiger partial charge in [-0.3, -0.25) is 0 Å². The Bertz CT molecular complexity index is 1360. The summed E-state index contributed by atoms with van der Waals surface area (Å²) in [5, 5.41) is 12.4. The highest BCUT2D eigenvalue weighted by Gasteiger charge is 2.14. The molecule has 0 spiro atoms. The Labute approximate surface area is 205 Å². The van der Waals surface area contributed by atoms with Gasteiger partial charge in [-0.25, -0.2) is 14.6 Å². The lowest BCUT2D eigenvalue weighted by atomic mass is 9.99. The first-order valence-corrected chi connectivity index (χ1v) is 11.8. The number of fused-ring (bicyclic) bond motifs is 1. The second-order valence-corrected chi connectivity index (χ2v) is 8.79. The fourth-order valence-corrected chi connectivity index (χ4v) is 4.08. The van der Waals surface area contributed by atoms with E-state index < -0.39 is 5.97 Å². The van der Waals surface area contributed by atoms with Crippen LogP contribution in [0.15, 0.2) is 66.7 Å². The molecule has 0 radical (unpaired) electrons. The Balaban J connectivity index is 1.67. The maximum absolute atomic E-state index is 12.1. The van der Waals surface area contributed by atoms with Gasteiger partial charge >= 0.3 is 12.0 Å². The summed E-state index contributed by atoms with van der Waals surface area (Å²) in [6.07, 6.45) is 2.98. The third-order valence-electron chi connectivity index (χ3n) is 6.00. The molecule has 3 aromatic carbocycles. The molecule has 2 amide bonds. The number of hydrogen-bond acceptors (Lipinski definition) is 3. The average molecular weight is 471 g/mol. The number of anilines is 1. The summed E-state index contributed by atoms with van der Waals surface area (Å²) in [5.74, 6) is 0.0746. The maximum atomic E-state index is 12.1. The zero-order valence-corrected chi connectivity index (χ0v) is 20.3. The molecule has 0 saturated heterocycles. The summed E-state index contributed by atoms with van der Waals surface area (Å²) < 4.78 is 2.20. The van der Waals surface area contributed by atoms with Crippen LogP contribution < -0.4 is 5.32 Å². The number of carboxylic acid groups (broad SMARTS) is 1. The van der Waals surface area contributed by atoms with Crippen molar-refractivity contribution in [3.05, 3.63) is 83.7 Å². The van der Waals surface area contributed by atoms with Crippen molar-refractivity contribution in [2.75, 3.05) is 19.4 Å². The van der Waals surface area contributed by atoms with Crippen LogP contribution in [0.4, 0.5) is 10.5 Å². The molecule has 4 rings (SSSR count). The number of aromatic nitrogens is 2. The Kier molecular flexibility index (Phi) is 7.15. The summed E-state index contributed by atoms with van der Waals surface area (Å²) in [4.78, 5) is 30.1. The number of carboxylic acids is 1. The molecular formula is C28H30N4O3. The molecule has 0 aliphatic heterocycles. The van der Waals surface area contributed by atoms with Crippen molar-refractivity contribution >= 4 is 28.7 Å². The average Bonchev–Trinajstić information content (AvgIpc) is 3.19. The van der Waals surface area contributed by atoms with Crippen molar-refractivity contribution in [2.24, 2.45) is 0 Å².